The minimum absolute atomic E-state index is 0.00614. The third-order valence-electron chi connectivity index (χ3n) is 25.9. The minimum atomic E-state index is -1.24. The molecule has 8 fully saturated rings. The number of carbonyl (C=O) groups excluding carboxylic acids is 3. The van der Waals surface area contributed by atoms with Gasteiger partial charge in [0.05, 0.1) is 56.7 Å². The Morgan fingerprint density at radius 3 is 2.00 bits per heavy atom. The Hall–Kier alpha value is -4.79. The molecule has 4 saturated heterocycles. The fourth-order valence-corrected chi connectivity index (χ4v) is 19.9. The number of ether oxygens (including phenoxy) is 12. The third kappa shape index (κ3) is 15.8. The first-order valence-corrected chi connectivity index (χ1v) is 38.0. The van der Waals surface area contributed by atoms with Gasteiger partial charge < -0.3 is 67.5 Å². The molecule has 546 valence electrons. The van der Waals surface area contributed by atoms with E-state index in [2.05, 4.69) is 77.3 Å². The van der Waals surface area contributed by atoms with Crippen molar-refractivity contribution in [1.82, 2.24) is 10.6 Å². The highest BCUT2D eigenvalue weighted by Crippen LogP contribution is 2.75. The number of alkyl carbamates (subject to hydrolysis) is 1. The predicted molar refractivity (Wildman–Crippen MR) is 376 cm³/mol. The van der Waals surface area contributed by atoms with Gasteiger partial charge in [-0.3, -0.25) is 9.59 Å². The molecule has 99 heavy (non-hydrogen) atoms. The van der Waals surface area contributed by atoms with E-state index in [-0.39, 0.29) is 65.7 Å². The summed E-state index contributed by atoms with van der Waals surface area (Å²) in [7, 11) is 0. The van der Waals surface area contributed by atoms with Crippen molar-refractivity contribution in [3.05, 3.63) is 119 Å². The number of esters is 1. The molecule has 5 aliphatic carbocycles. The second-order valence-corrected chi connectivity index (χ2v) is 33.3. The molecule has 3 aromatic carbocycles. The monoisotopic (exact) mass is 1370 g/mol. The van der Waals surface area contributed by atoms with Crippen LogP contribution in [0, 0.1) is 69.0 Å². The van der Waals surface area contributed by atoms with Crippen LogP contribution in [-0.4, -0.2) is 123 Å². The first kappa shape index (κ1) is 73.9. The number of benzene rings is 3. The maximum atomic E-state index is 16.3. The number of nitrogens with one attached hydrogen (secondary N) is 2. The van der Waals surface area contributed by atoms with Gasteiger partial charge in [-0.15, -0.1) is 0 Å². The Bertz CT molecular complexity index is 3190. The zero-order chi connectivity index (χ0) is 70.0. The number of fused-ring (bicyclic) bond motifs is 8. The van der Waals surface area contributed by atoms with Crippen molar-refractivity contribution in [2.24, 2.45) is 69.0 Å². The van der Waals surface area contributed by atoms with Gasteiger partial charge in [-0.05, 0) is 180 Å². The van der Waals surface area contributed by atoms with Crippen LogP contribution in [0.3, 0.4) is 0 Å². The average Bonchev–Trinajstić information content (AvgIpc) is 0.728. The fourth-order valence-electron chi connectivity index (χ4n) is 19.9. The van der Waals surface area contributed by atoms with Crippen molar-refractivity contribution < 1.29 is 71.2 Å². The number of hydrogen-bond acceptors (Lipinski definition) is 15. The average molecular weight is 1370 g/mol. The zero-order valence-electron chi connectivity index (χ0n) is 61.6. The summed E-state index contributed by atoms with van der Waals surface area (Å²) in [5.74, 6) is 1.96. The molecule has 4 heterocycles. The summed E-state index contributed by atoms with van der Waals surface area (Å²) in [5, 5.41) is 6.22. The lowest BCUT2D eigenvalue weighted by Crippen LogP contribution is -2.66. The van der Waals surface area contributed by atoms with Crippen molar-refractivity contribution in [2.45, 2.75) is 285 Å². The molecule has 0 bridgehead atoms. The van der Waals surface area contributed by atoms with Crippen molar-refractivity contribution in [1.29, 1.82) is 0 Å². The van der Waals surface area contributed by atoms with E-state index in [4.69, 9.17) is 56.8 Å². The second kappa shape index (κ2) is 31.3. The van der Waals surface area contributed by atoms with E-state index in [0.29, 0.717) is 63.4 Å². The Morgan fingerprint density at radius 2 is 1.30 bits per heavy atom. The van der Waals surface area contributed by atoms with Gasteiger partial charge in [0, 0.05) is 24.8 Å². The molecule has 17 nitrogen and oxygen atoms in total. The van der Waals surface area contributed by atoms with Crippen LogP contribution < -0.4 is 10.6 Å². The van der Waals surface area contributed by atoms with E-state index < -0.39 is 97.0 Å². The number of amides is 2. The largest absolute Gasteiger partial charge is 0.444 e. The van der Waals surface area contributed by atoms with Crippen LogP contribution >= 0.6 is 0 Å². The second-order valence-electron chi connectivity index (χ2n) is 33.3. The molecule has 2 amide bonds. The van der Waals surface area contributed by atoms with Gasteiger partial charge in [-0.25, -0.2) is 4.79 Å². The number of carbonyl (C=O) groups is 3. The highest BCUT2D eigenvalue weighted by molar-refractivity contribution is 5.79. The zero-order valence-corrected chi connectivity index (χ0v) is 61.6. The van der Waals surface area contributed by atoms with E-state index in [9.17, 15) is 9.59 Å². The van der Waals surface area contributed by atoms with Crippen molar-refractivity contribution in [3.8, 4) is 0 Å². The molecule has 0 aromatic heterocycles. The molecule has 0 radical (unpaired) electrons. The third-order valence-corrected chi connectivity index (χ3v) is 25.9. The van der Waals surface area contributed by atoms with Gasteiger partial charge in [-0.1, -0.05) is 164 Å². The molecule has 17 heteroatoms. The summed E-state index contributed by atoms with van der Waals surface area (Å²) in [6.45, 7) is 30.5. The summed E-state index contributed by atoms with van der Waals surface area (Å²) in [4.78, 5) is 43.2. The lowest BCUT2D eigenvalue weighted by Gasteiger charge is -2.70. The normalized spacial score (nSPS) is 40.3. The molecule has 4 saturated carbocycles. The van der Waals surface area contributed by atoms with Crippen LogP contribution in [0.25, 0.3) is 0 Å². The molecule has 3 aromatic rings. The quantitative estimate of drug-likeness (QED) is 0.0518. The summed E-state index contributed by atoms with van der Waals surface area (Å²) < 4.78 is 81.3. The van der Waals surface area contributed by atoms with E-state index in [1.165, 1.54) is 31.3 Å². The van der Waals surface area contributed by atoms with E-state index in [1.54, 1.807) is 0 Å². The SMILES string of the molecule is CC1C(OCc2ccccc2)[C@H](OCc2ccccc2)CO[C@H]1O[C@H]1C(C)O[C@@H](OC2C(C)[C@@H](NC(=O)CCCCCNC(=O)OC(C)(C)C)C(COCc3ccccc3)O[C@H]2OC(=O)[C@]23CC[C@@H](C)CC2C2=CCC4C5(C)CC[C@H](C)C(C)[C@@H]5CC[C@]4(C)[C@]2(C)CC3)C2O[C@H](C)OC21. The van der Waals surface area contributed by atoms with Crippen LogP contribution in [0.5, 0.6) is 0 Å². The van der Waals surface area contributed by atoms with Gasteiger partial charge in [0.1, 0.15) is 42.2 Å². The first-order valence-electron chi connectivity index (χ1n) is 38.0. The standard InChI is InChI=1S/C82H118N2O15/c1-50-35-40-82(42-41-80(12)61(62(82)44-50)33-34-65-79(11)38-36-51(2)52(3)60(79)37-39-81(65,80)13)76(86)98-74-69(53(4)67(63(95-74)48-88-45-57-26-18-14-19-27-57)84-66(85)32-24-17-25-43-83-77(87)99-78(8,9)10)96-75-72-71(93-56(7)94-72)70(55(6)92-75)97-73-54(5)68(90-47-59-30-22-16-23-31-59)64(49-91-73)89-46-58-28-20-15-21-29-58/h14-16,18-23,26-31,33,50-56,60,62-65,67-75H,17,24-25,32,34-49H2,1-13H3,(H,83,87)(H,84,85)/t50-,51+,52?,53?,54?,55?,56-,60+,62?,63?,64-,65?,67-,68?,69?,70+,71?,72?,73+,74+,75+,79?,80-,81+,82+/m1/s1. The fraction of sp³-hybridized carbons (Fsp3) is 0.720. The van der Waals surface area contributed by atoms with E-state index in [1.807, 2.05) is 120 Å². The summed E-state index contributed by atoms with van der Waals surface area (Å²) in [6, 6.07) is 29.6. The lowest BCUT2D eigenvalue weighted by molar-refractivity contribution is -0.354. The lowest BCUT2D eigenvalue weighted by atomic mass is 9.34. The first-order chi connectivity index (χ1) is 47.4. The van der Waals surface area contributed by atoms with E-state index >= 15 is 4.79 Å². The maximum Gasteiger partial charge on any atom is 0.407 e. The van der Waals surface area contributed by atoms with Crippen molar-refractivity contribution in [3.63, 3.8) is 0 Å². The maximum absolute atomic E-state index is 16.3. The van der Waals surface area contributed by atoms with Crippen LogP contribution in [0.15, 0.2) is 103 Å². The summed E-state index contributed by atoms with van der Waals surface area (Å²) in [5.41, 5.74) is 3.47. The van der Waals surface area contributed by atoms with Gasteiger partial charge in [0.2, 0.25) is 12.2 Å². The number of unbranched alkanes of at least 4 members (excludes halogenated alkanes) is 2. The van der Waals surface area contributed by atoms with Crippen molar-refractivity contribution in [2.75, 3.05) is 19.8 Å². The predicted octanol–water partition coefficient (Wildman–Crippen LogP) is 15.1. The van der Waals surface area contributed by atoms with Crippen LogP contribution in [0.2, 0.25) is 0 Å². The molecule has 2 N–H and O–H groups in total. The highest BCUT2D eigenvalue weighted by atomic mass is 16.8. The number of allylic oxidation sites excluding steroid dienone is 2. The molecule has 12 unspecified atom stereocenters. The molecule has 0 spiro atoms. The minimum Gasteiger partial charge on any atom is -0.444 e. The Morgan fingerprint density at radius 1 is 0.636 bits per heavy atom. The van der Waals surface area contributed by atoms with Crippen LogP contribution in [-0.2, 0) is 86.3 Å². The number of hydrogen-bond donors (Lipinski definition) is 2. The van der Waals surface area contributed by atoms with Gasteiger partial charge in [0.25, 0.3) is 0 Å². The van der Waals surface area contributed by atoms with Gasteiger partial charge in [0.15, 0.2) is 18.9 Å². The Kier molecular flexibility index (Phi) is 23.4. The topological polar surface area (TPSA) is 186 Å². The summed E-state index contributed by atoms with van der Waals surface area (Å²) >= 11 is 0. The van der Waals surface area contributed by atoms with Gasteiger partial charge >= 0.3 is 12.1 Å². The highest BCUT2D eigenvalue weighted by Gasteiger charge is 2.69. The summed E-state index contributed by atoms with van der Waals surface area (Å²) in [6.07, 6.45) is 5.66. The molecule has 12 rings (SSSR count). The van der Waals surface area contributed by atoms with E-state index in [0.717, 1.165) is 67.1 Å². The molecular weight excluding hydrogens is 1250 g/mol. The molecule has 9 aliphatic rings. The molecular formula is C82H118N2O15. The van der Waals surface area contributed by atoms with Crippen LogP contribution in [0.4, 0.5) is 4.79 Å². The number of rotatable bonds is 23. The molecule has 4 aliphatic heterocycles. The smallest absolute Gasteiger partial charge is 0.407 e. The Balaban J connectivity index is 0.816. The van der Waals surface area contributed by atoms with Crippen molar-refractivity contribution >= 4 is 18.0 Å². The molecule has 25 atom stereocenters. The van der Waals surface area contributed by atoms with Gasteiger partial charge in [-0.2, -0.15) is 0 Å². The van der Waals surface area contributed by atoms with Crippen LogP contribution in [0.1, 0.15) is 197 Å². The Labute approximate surface area is 590 Å².